The second kappa shape index (κ2) is 10.9. The summed E-state index contributed by atoms with van der Waals surface area (Å²) in [6.07, 6.45) is 0.959. The SMILES string of the molecule is c1ccc(-c2ccc(-c3cc(-c4ccccc4)nc(-c4ccc(-n5c6ccccc6c6c7c(ccc65)CCO7)cc4)n3)cc2)cc1. The van der Waals surface area contributed by atoms with E-state index in [0.717, 1.165) is 63.6 Å². The second-order valence-electron chi connectivity index (χ2n) is 11.7. The third-order valence-electron chi connectivity index (χ3n) is 8.96. The summed E-state index contributed by atoms with van der Waals surface area (Å²) in [5.74, 6) is 1.73. The summed E-state index contributed by atoms with van der Waals surface area (Å²) in [4.78, 5) is 10.2. The third kappa shape index (κ3) is 4.46. The molecule has 4 nitrogen and oxygen atoms in total. The lowest BCUT2D eigenvalue weighted by atomic mass is 10.0. The van der Waals surface area contributed by atoms with E-state index < -0.39 is 0 Å². The molecule has 8 aromatic rings. The Balaban J connectivity index is 1.14. The summed E-state index contributed by atoms with van der Waals surface area (Å²) in [7, 11) is 0. The Kier molecular flexibility index (Phi) is 6.24. The molecule has 0 radical (unpaired) electrons. The molecule has 0 fully saturated rings. The number of aromatic nitrogens is 3. The van der Waals surface area contributed by atoms with Crippen LogP contribution in [0.2, 0.25) is 0 Å². The summed E-state index contributed by atoms with van der Waals surface area (Å²) in [5.41, 5.74) is 11.9. The van der Waals surface area contributed by atoms with Gasteiger partial charge in [-0.05, 0) is 59.2 Å². The van der Waals surface area contributed by atoms with E-state index >= 15 is 0 Å². The lowest BCUT2D eigenvalue weighted by Crippen LogP contribution is -1.97. The van der Waals surface area contributed by atoms with Crippen molar-refractivity contribution in [2.24, 2.45) is 0 Å². The maximum atomic E-state index is 6.14. The molecule has 6 aromatic carbocycles. The standard InChI is InChI=1S/C42H29N3O/c1-3-9-28(10-4-1)29-15-17-31(18-16-29)37-27-36(30-11-5-2-6-12-30)43-42(44-37)33-19-22-34(23-20-33)45-38-14-8-7-13-35(38)40-39(45)24-21-32-25-26-46-41(32)40/h1-24,27H,25-26H2. The highest BCUT2D eigenvalue weighted by Gasteiger charge is 2.22. The van der Waals surface area contributed by atoms with Crippen molar-refractivity contribution in [1.82, 2.24) is 14.5 Å². The molecule has 0 saturated heterocycles. The molecule has 9 rings (SSSR count). The van der Waals surface area contributed by atoms with Gasteiger partial charge in [0.15, 0.2) is 5.82 Å². The summed E-state index contributed by atoms with van der Waals surface area (Å²) in [5, 5.41) is 2.40. The second-order valence-corrected chi connectivity index (χ2v) is 11.7. The molecule has 0 aliphatic carbocycles. The van der Waals surface area contributed by atoms with Gasteiger partial charge in [-0.3, -0.25) is 0 Å². The van der Waals surface area contributed by atoms with Crippen LogP contribution in [0.15, 0.2) is 152 Å². The van der Waals surface area contributed by atoms with E-state index in [-0.39, 0.29) is 0 Å². The van der Waals surface area contributed by atoms with Crippen LogP contribution in [0.4, 0.5) is 0 Å². The fraction of sp³-hybridized carbons (Fsp3) is 0.0476. The van der Waals surface area contributed by atoms with Gasteiger partial charge in [0, 0.05) is 34.2 Å². The number of rotatable bonds is 5. The van der Waals surface area contributed by atoms with E-state index in [1.54, 1.807) is 0 Å². The first-order valence-corrected chi connectivity index (χ1v) is 15.7. The van der Waals surface area contributed by atoms with Crippen LogP contribution in [0.25, 0.3) is 72.5 Å². The minimum atomic E-state index is 0.698. The number of hydrogen-bond donors (Lipinski definition) is 0. The first kappa shape index (κ1) is 26.4. The Morgan fingerprint density at radius 1 is 0.500 bits per heavy atom. The fourth-order valence-corrected chi connectivity index (χ4v) is 6.68. The average molecular weight is 592 g/mol. The van der Waals surface area contributed by atoms with Crippen LogP contribution in [-0.2, 0) is 6.42 Å². The highest BCUT2D eigenvalue weighted by Crippen LogP contribution is 2.42. The minimum Gasteiger partial charge on any atom is -0.492 e. The van der Waals surface area contributed by atoms with Crippen LogP contribution in [-0.4, -0.2) is 21.1 Å². The van der Waals surface area contributed by atoms with E-state index in [9.17, 15) is 0 Å². The normalized spacial score (nSPS) is 12.3. The van der Waals surface area contributed by atoms with Gasteiger partial charge in [-0.1, -0.05) is 109 Å². The number of ether oxygens (including phenoxy) is 1. The van der Waals surface area contributed by atoms with Crippen molar-refractivity contribution < 1.29 is 4.74 Å². The van der Waals surface area contributed by atoms with E-state index in [0.29, 0.717) is 5.82 Å². The molecule has 0 atom stereocenters. The summed E-state index contributed by atoms with van der Waals surface area (Å²) < 4.78 is 8.47. The van der Waals surface area contributed by atoms with Crippen molar-refractivity contribution in [1.29, 1.82) is 0 Å². The van der Waals surface area contributed by atoms with Crippen molar-refractivity contribution >= 4 is 21.8 Å². The molecule has 3 heterocycles. The Morgan fingerprint density at radius 3 is 1.83 bits per heavy atom. The Labute approximate surface area is 267 Å². The molecule has 0 saturated carbocycles. The van der Waals surface area contributed by atoms with Crippen molar-refractivity contribution in [3.8, 4) is 56.5 Å². The zero-order chi connectivity index (χ0) is 30.5. The van der Waals surface area contributed by atoms with Crippen molar-refractivity contribution in [2.75, 3.05) is 6.61 Å². The van der Waals surface area contributed by atoms with Gasteiger partial charge in [0.25, 0.3) is 0 Å². The zero-order valence-electron chi connectivity index (χ0n) is 25.1. The van der Waals surface area contributed by atoms with Crippen molar-refractivity contribution in [3.05, 3.63) is 157 Å². The topological polar surface area (TPSA) is 39.9 Å². The maximum Gasteiger partial charge on any atom is 0.160 e. The summed E-state index contributed by atoms with van der Waals surface area (Å²) >= 11 is 0. The molecule has 218 valence electrons. The van der Waals surface area contributed by atoms with Gasteiger partial charge in [-0.2, -0.15) is 0 Å². The number of hydrogen-bond acceptors (Lipinski definition) is 3. The molecule has 4 heteroatoms. The van der Waals surface area contributed by atoms with Crippen LogP contribution in [0.3, 0.4) is 0 Å². The number of fused-ring (bicyclic) bond motifs is 5. The van der Waals surface area contributed by atoms with Gasteiger partial charge in [0.1, 0.15) is 5.75 Å². The van der Waals surface area contributed by atoms with E-state index in [2.05, 4.69) is 132 Å². The average Bonchev–Trinajstić information content (AvgIpc) is 3.75. The summed E-state index contributed by atoms with van der Waals surface area (Å²) in [6.45, 7) is 0.740. The lowest BCUT2D eigenvalue weighted by Gasteiger charge is -2.12. The molecule has 0 bridgehead atoms. The number of nitrogens with zero attached hydrogens (tertiary/aromatic N) is 3. The highest BCUT2D eigenvalue weighted by molar-refractivity contribution is 6.13. The lowest BCUT2D eigenvalue weighted by molar-refractivity contribution is 0.360. The van der Waals surface area contributed by atoms with Gasteiger partial charge >= 0.3 is 0 Å². The van der Waals surface area contributed by atoms with Crippen LogP contribution >= 0.6 is 0 Å². The fourth-order valence-electron chi connectivity index (χ4n) is 6.68. The minimum absolute atomic E-state index is 0.698. The highest BCUT2D eigenvalue weighted by atomic mass is 16.5. The van der Waals surface area contributed by atoms with E-state index in [4.69, 9.17) is 14.7 Å². The molecular weight excluding hydrogens is 562 g/mol. The van der Waals surface area contributed by atoms with E-state index in [1.165, 1.54) is 27.5 Å². The van der Waals surface area contributed by atoms with E-state index in [1.807, 2.05) is 24.3 Å². The Morgan fingerprint density at radius 2 is 1.09 bits per heavy atom. The molecular formula is C42H29N3O. The Bertz CT molecular complexity index is 2360. The van der Waals surface area contributed by atoms with Gasteiger partial charge in [-0.25, -0.2) is 9.97 Å². The smallest absolute Gasteiger partial charge is 0.160 e. The van der Waals surface area contributed by atoms with Gasteiger partial charge in [0.05, 0.1) is 34.4 Å². The predicted molar refractivity (Wildman–Crippen MR) is 187 cm³/mol. The molecule has 0 unspecified atom stereocenters. The largest absolute Gasteiger partial charge is 0.492 e. The Hall–Kier alpha value is -6.00. The molecule has 0 amide bonds. The third-order valence-corrected chi connectivity index (χ3v) is 8.96. The van der Waals surface area contributed by atoms with Gasteiger partial charge in [0.2, 0.25) is 0 Å². The van der Waals surface area contributed by atoms with Crippen LogP contribution in [0.5, 0.6) is 5.75 Å². The number of para-hydroxylation sites is 1. The van der Waals surface area contributed by atoms with Crippen LogP contribution in [0.1, 0.15) is 5.56 Å². The van der Waals surface area contributed by atoms with Crippen molar-refractivity contribution in [2.45, 2.75) is 6.42 Å². The van der Waals surface area contributed by atoms with Crippen LogP contribution in [0, 0.1) is 0 Å². The molecule has 2 aromatic heterocycles. The number of benzene rings is 6. The summed E-state index contributed by atoms with van der Waals surface area (Å²) in [6, 6.07) is 53.1. The molecule has 46 heavy (non-hydrogen) atoms. The molecule has 0 N–H and O–H groups in total. The van der Waals surface area contributed by atoms with Gasteiger partial charge in [-0.15, -0.1) is 0 Å². The van der Waals surface area contributed by atoms with Crippen molar-refractivity contribution in [3.63, 3.8) is 0 Å². The first-order chi connectivity index (χ1) is 22.8. The monoisotopic (exact) mass is 591 g/mol. The first-order valence-electron chi connectivity index (χ1n) is 15.7. The quantitative estimate of drug-likeness (QED) is 0.200. The molecule has 1 aliphatic rings. The van der Waals surface area contributed by atoms with Crippen LogP contribution < -0.4 is 4.74 Å². The molecule has 0 spiro atoms. The zero-order valence-corrected chi connectivity index (χ0v) is 25.1. The molecule has 1 aliphatic heterocycles. The van der Waals surface area contributed by atoms with Gasteiger partial charge < -0.3 is 9.30 Å². The predicted octanol–water partition coefficient (Wildman–Crippen LogP) is 10.2. The maximum absolute atomic E-state index is 6.14.